The highest BCUT2D eigenvalue weighted by Gasteiger charge is 2.45. The number of phenols is 1. The van der Waals surface area contributed by atoms with Gasteiger partial charge in [0.2, 0.25) is 5.91 Å². The van der Waals surface area contributed by atoms with Crippen LogP contribution in [0.3, 0.4) is 0 Å². The zero-order chi connectivity index (χ0) is 27.5. The Kier molecular flexibility index (Phi) is 6.47. The third kappa shape index (κ3) is 4.14. The first kappa shape index (κ1) is 26.2. The van der Waals surface area contributed by atoms with Gasteiger partial charge < -0.3 is 29.6 Å². The van der Waals surface area contributed by atoms with E-state index in [1.54, 1.807) is 4.90 Å². The van der Waals surface area contributed by atoms with Crippen LogP contribution in [0.25, 0.3) is 11.3 Å². The molecule has 202 valence electrons. The number of aliphatic hydroxyl groups excluding tert-OH is 1. The summed E-state index contributed by atoms with van der Waals surface area (Å²) in [5.74, 6) is -4.12. The molecule has 4 heterocycles. The molecule has 0 saturated carbocycles. The summed E-state index contributed by atoms with van der Waals surface area (Å²) in [5.41, 5.74) is -2.02. The van der Waals surface area contributed by atoms with E-state index in [4.69, 9.17) is 16.3 Å². The number of rotatable bonds is 3. The van der Waals surface area contributed by atoms with E-state index in [0.29, 0.717) is 6.42 Å². The Bertz CT molecular complexity index is 1350. The fraction of sp³-hybridized carbons (Fsp3) is 0.423. The summed E-state index contributed by atoms with van der Waals surface area (Å²) in [6, 6.07) is 1.66. The smallest absolute Gasteiger partial charge is 0.262 e. The van der Waals surface area contributed by atoms with Crippen LogP contribution < -0.4 is 9.64 Å². The highest BCUT2D eigenvalue weighted by Crippen LogP contribution is 2.46. The van der Waals surface area contributed by atoms with Gasteiger partial charge in [-0.1, -0.05) is 18.2 Å². The number of benzene rings is 1. The summed E-state index contributed by atoms with van der Waals surface area (Å²) in [4.78, 5) is 35.3. The summed E-state index contributed by atoms with van der Waals surface area (Å²) in [6.45, 7) is 7.69. The molecule has 2 saturated heterocycles. The SMILES string of the molecule is C=CC(=O)N1CCN2C(=O)c3c(N4C[C@H](O)CC4(C)C)nc(-c4c(O)ccc(Cl)c4F)c(F)c3OC[C@H]2C1. The van der Waals surface area contributed by atoms with Crippen molar-refractivity contribution in [1.82, 2.24) is 14.8 Å². The third-order valence-electron chi connectivity index (χ3n) is 7.36. The number of aliphatic hydroxyl groups is 1. The van der Waals surface area contributed by atoms with Crippen LogP contribution in [-0.2, 0) is 4.79 Å². The predicted molar refractivity (Wildman–Crippen MR) is 135 cm³/mol. The van der Waals surface area contributed by atoms with E-state index in [2.05, 4.69) is 11.6 Å². The lowest BCUT2D eigenvalue weighted by atomic mass is 9.99. The van der Waals surface area contributed by atoms with Gasteiger partial charge in [0.25, 0.3) is 5.91 Å². The van der Waals surface area contributed by atoms with E-state index in [1.807, 2.05) is 13.8 Å². The predicted octanol–water partition coefficient (Wildman–Crippen LogP) is 2.97. The summed E-state index contributed by atoms with van der Waals surface area (Å²) in [6.07, 6.45) is 0.771. The molecular weight excluding hydrogens is 522 g/mol. The number of pyridine rings is 1. The van der Waals surface area contributed by atoms with Gasteiger partial charge in [-0.05, 0) is 38.5 Å². The number of aromatic hydroxyl groups is 1. The molecule has 9 nitrogen and oxygen atoms in total. The van der Waals surface area contributed by atoms with Gasteiger partial charge in [0.1, 0.15) is 29.4 Å². The number of aromatic nitrogens is 1. The number of β-amino-alcohol motifs (C(OH)–C–C–N with tert-alkyl or cyclic N) is 1. The lowest BCUT2D eigenvalue weighted by Gasteiger charge is -2.40. The second kappa shape index (κ2) is 9.39. The minimum atomic E-state index is -1.13. The molecule has 38 heavy (non-hydrogen) atoms. The van der Waals surface area contributed by atoms with E-state index < -0.39 is 58.0 Å². The van der Waals surface area contributed by atoms with Gasteiger partial charge in [-0.15, -0.1) is 0 Å². The number of piperazine rings is 1. The summed E-state index contributed by atoms with van der Waals surface area (Å²) < 4.78 is 37.1. The van der Waals surface area contributed by atoms with E-state index >= 15 is 8.78 Å². The normalized spacial score (nSPS) is 22.5. The Morgan fingerprint density at radius 2 is 1.97 bits per heavy atom. The fourth-order valence-corrected chi connectivity index (χ4v) is 5.64. The standard InChI is InChI=1S/C26H27ClF2N4O5/c1-4-17(36)31-7-8-32-13(10-31)12-38-23-19(25(32)37)24(33-11-14(34)9-26(33,2)3)30-22(21(23)29)18-16(35)6-5-15(27)20(18)28/h4-6,13-14,34-35H,1,7-12H2,2-3H3/t13-,14-/m1/s1. The van der Waals surface area contributed by atoms with E-state index in [-0.39, 0.29) is 55.1 Å². The lowest BCUT2D eigenvalue weighted by molar-refractivity contribution is -0.128. The van der Waals surface area contributed by atoms with Crippen LogP contribution >= 0.6 is 11.6 Å². The number of carbonyl (C=O) groups excluding carboxylic acids is 2. The highest BCUT2D eigenvalue weighted by molar-refractivity contribution is 6.31. The molecular formula is C26H27ClF2N4O5. The number of anilines is 1. The average Bonchev–Trinajstić information content (AvgIpc) is 3.06. The van der Waals surface area contributed by atoms with Crippen molar-refractivity contribution >= 4 is 29.2 Å². The molecule has 2 aromatic rings. The van der Waals surface area contributed by atoms with Crippen molar-refractivity contribution in [3.8, 4) is 22.8 Å². The molecule has 12 heteroatoms. The molecule has 1 aromatic carbocycles. The maximum Gasteiger partial charge on any atom is 0.262 e. The monoisotopic (exact) mass is 548 g/mol. The van der Waals surface area contributed by atoms with Crippen LogP contribution in [0.1, 0.15) is 30.6 Å². The molecule has 1 aromatic heterocycles. The zero-order valence-electron chi connectivity index (χ0n) is 20.9. The number of nitrogens with zero attached hydrogens (tertiary/aromatic N) is 4. The molecule has 3 aliphatic rings. The number of hydrogen-bond acceptors (Lipinski definition) is 7. The molecule has 0 spiro atoms. The molecule has 0 bridgehead atoms. The Balaban J connectivity index is 1.71. The third-order valence-corrected chi connectivity index (χ3v) is 7.66. The number of phenolic OH excluding ortho intramolecular Hbond substituents is 1. The van der Waals surface area contributed by atoms with Gasteiger partial charge >= 0.3 is 0 Å². The van der Waals surface area contributed by atoms with E-state index in [0.717, 1.165) is 12.1 Å². The number of fused-ring (bicyclic) bond motifs is 2. The topological polar surface area (TPSA) is 106 Å². The van der Waals surface area contributed by atoms with Crippen LogP contribution in [0.4, 0.5) is 14.6 Å². The van der Waals surface area contributed by atoms with Crippen molar-refractivity contribution in [2.45, 2.75) is 38.0 Å². The Morgan fingerprint density at radius 3 is 2.63 bits per heavy atom. The average molecular weight is 549 g/mol. The quantitative estimate of drug-likeness (QED) is 0.568. The molecule has 3 aliphatic heterocycles. The number of carbonyl (C=O) groups is 2. The molecule has 2 amide bonds. The van der Waals surface area contributed by atoms with Crippen molar-refractivity contribution in [2.75, 3.05) is 37.7 Å². The van der Waals surface area contributed by atoms with Crippen LogP contribution in [0.5, 0.6) is 11.5 Å². The molecule has 0 radical (unpaired) electrons. The first-order valence-corrected chi connectivity index (χ1v) is 12.5. The van der Waals surface area contributed by atoms with Crippen molar-refractivity contribution in [3.05, 3.63) is 47.0 Å². The first-order valence-electron chi connectivity index (χ1n) is 12.2. The summed E-state index contributed by atoms with van der Waals surface area (Å²) in [7, 11) is 0. The maximum absolute atomic E-state index is 16.1. The first-order chi connectivity index (χ1) is 17.9. The summed E-state index contributed by atoms with van der Waals surface area (Å²) >= 11 is 5.93. The molecule has 0 aliphatic carbocycles. The minimum absolute atomic E-state index is 0.00743. The van der Waals surface area contributed by atoms with Crippen molar-refractivity contribution in [1.29, 1.82) is 0 Å². The van der Waals surface area contributed by atoms with E-state index in [1.165, 1.54) is 15.9 Å². The lowest BCUT2D eigenvalue weighted by Crippen LogP contribution is -2.57. The van der Waals surface area contributed by atoms with Crippen molar-refractivity contribution in [3.63, 3.8) is 0 Å². The number of halogens is 3. The number of ether oxygens (including phenoxy) is 1. The molecule has 2 N–H and O–H groups in total. The molecule has 0 unspecified atom stereocenters. The van der Waals surface area contributed by atoms with Crippen LogP contribution in [0.15, 0.2) is 24.8 Å². The van der Waals surface area contributed by atoms with Crippen LogP contribution in [0, 0.1) is 11.6 Å². The van der Waals surface area contributed by atoms with Gasteiger partial charge in [0.15, 0.2) is 17.4 Å². The fourth-order valence-electron chi connectivity index (χ4n) is 5.48. The van der Waals surface area contributed by atoms with Gasteiger partial charge in [-0.3, -0.25) is 9.59 Å². The van der Waals surface area contributed by atoms with E-state index in [9.17, 15) is 19.8 Å². The minimum Gasteiger partial charge on any atom is -0.507 e. The zero-order valence-corrected chi connectivity index (χ0v) is 21.6. The molecule has 5 rings (SSSR count). The van der Waals surface area contributed by atoms with Gasteiger partial charge in [0, 0.05) is 31.7 Å². The number of hydrogen-bond donors (Lipinski definition) is 2. The maximum atomic E-state index is 16.1. The van der Waals surface area contributed by atoms with Crippen LogP contribution in [-0.4, -0.2) is 87.3 Å². The largest absolute Gasteiger partial charge is 0.507 e. The Hall–Kier alpha value is -3.44. The second-order valence-corrected chi connectivity index (χ2v) is 10.7. The van der Waals surface area contributed by atoms with Crippen LogP contribution in [0.2, 0.25) is 5.02 Å². The highest BCUT2D eigenvalue weighted by atomic mass is 35.5. The molecule has 2 atom stereocenters. The Labute approximate surface area is 222 Å². The van der Waals surface area contributed by atoms with Gasteiger partial charge in [-0.2, -0.15) is 0 Å². The second-order valence-electron chi connectivity index (χ2n) is 10.3. The van der Waals surface area contributed by atoms with Gasteiger partial charge in [-0.25, -0.2) is 13.8 Å². The summed E-state index contributed by atoms with van der Waals surface area (Å²) in [5, 5.41) is 20.6. The Morgan fingerprint density at radius 1 is 1.24 bits per heavy atom. The van der Waals surface area contributed by atoms with Gasteiger partial charge in [0.05, 0.1) is 22.7 Å². The number of amides is 2. The van der Waals surface area contributed by atoms with Crippen molar-refractivity contribution < 1.29 is 33.3 Å². The molecule has 2 fully saturated rings. The van der Waals surface area contributed by atoms with Crippen molar-refractivity contribution in [2.24, 2.45) is 0 Å².